The zero-order chi connectivity index (χ0) is 32.7. The number of halogens is 1. The van der Waals surface area contributed by atoms with Gasteiger partial charge in [-0.25, -0.2) is 4.99 Å². The number of hydrogen-bond donors (Lipinski definition) is 0. The van der Waals surface area contributed by atoms with Crippen LogP contribution in [0.1, 0.15) is 45.8 Å². The molecule has 1 atom stereocenters. The average Bonchev–Trinajstić information content (AvgIpc) is 3.40. The second-order valence-corrected chi connectivity index (χ2v) is 13.2. The van der Waals surface area contributed by atoms with Crippen molar-refractivity contribution < 1.29 is 14.4 Å². The second kappa shape index (κ2) is 12.6. The van der Waals surface area contributed by atoms with Crippen molar-refractivity contribution in [3.8, 4) is 17.6 Å². The van der Waals surface area contributed by atoms with E-state index < -0.39 is 11.0 Å². The van der Waals surface area contributed by atoms with Crippen LogP contribution in [0.3, 0.4) is 0 Å². The van der Waals surface area contributed by atoms with Gasteiger partial charge in [-0.3, -0.25) is 19.5 Å². The number of non-ortho nitro benzene ring substituents is 1. The Labute approximate surface area is 286 Å². The quantitative estimate of drug-likeness (QED) is 0.110. The minimum absolute atomic E-state index is 0.0277. The Bertz CT molecular complexity index is 2350. The fourth-order valence-corrected chi connectivity index (χ4v) is 7.93. The molecular formula is C36H25IN4O5S. The monoisotopic (exact) mass is 752 g/mol. The summed E-state index contributed by atoms with van der Waals surface area (Å²) < 4.78 is 14.7. The molecule has 9 nitrogen and oxygen atoms in total. The predicted molar refractivity (Wildman–Crippen MR) is 187 cm³/mol. The van der Waals surface area contributed by atoms with Crippen LogP contribution in [0.5, 0.6) is 11.5 Å². The molecule has 0 radical (unpaired) electrons. The zero-order valence-corrected chi connectivity index (χ0v) is 27.9. The minimum Gasteiger partial charge on any atom is -0.493 e. The molecule has 0 fully saturated rings. The highest BCUT2D eigenvalue weighted by atomic mass is 127. The van der Waals surface area contributed by atoms with Crippen molar-refractivity contribution in [1.82, 2.24) is 4.57 Å². The third-order valence-corrected chi connectivity index (χ3v) is 10.1. The lowest BCUT2D eigenvalue weighted by atomic mass is 9.83. The van der Waals surface area contributed by atoms with Crippen LogP contribution in [0.4, 0.5) is 5.69 Å². The summed E-state index contributed by atoms with van der Waals surface area (Å²) in [6.45, 7) is 0.194. The second-order valence-electron chi connectivity index (χ2n) is 11.1. The molecule has 0 bridgehead atoms. The first-order valence-corrected chi connectivity index (χ1v) is 16.6. The lowest BCUT2D eigenvalue weighted by Gasteiger charge is -2.30. The van der Waals surface area contributed by atoms with Crippen molar-refractivity contribution >= 4 is 51.4 Å². The smallest absolute Gasteiger partial charge is 0.271 e. The summed E-state index contributed by atoms with van der Waals surface area (Å²) in [5.41, 5.74) is 6.47. The lowest BCUT2D eigenvalue weighted by molar-refractivity contribution is -0.384. The Morgan fingerprint density at radius 3 is 2.72 bits per heavy atom. The Morgan fingerprint density at radius 2 is 1.91 bits per heavy atom. The number of methoxy groups -OCH3 is 1. The van der Waals surface area contributed by atoms with Gasteiger partial charge in [0.1, 0.15) is 6.61 Å². The lowest BCUT2D eigenvalue weighted by Crippen LogP contribution is -2.38. The van der Waals surface area contributed by atoms with E-state index in [4.69, 9.17) is 14.5 Å². The first kappa shape index (κ1) is 30.6. The van der Waals surface area contributed by atoms with Crippen LogP contribution in [0.2, 0.25) is 0 Å². The number of thiazole rings is 1. The number of allylic oxidation sites excluding steroid dienone is 1. The maximum absolute atomic E-state index is 14.2. The van der Waals surface area contributed by atoms with Gasteiger partial charge in [0.15, 0.2) is 16.3 Å². The number of nitriles is 1. The van der Waals surface area contributed by atoms with Gasteiger partial charge >= 0.3 is 0 Å². The molecule has 2 heterocycles. The molecular weight excluding hydrogens is 727 g/mol. The van der Waals surface area contributed by atoms with Crippen LogP contribution in [0.15, 0.2) is 100 Å². The van der Waals surface area contributed by atoms with Crippen LogP contribution in [0.25, 0.3) is 11.8 Å². The standard InChI is InChI=1S/C36H25IN4O5S/c1-45-30-16-21(15-29(37)34(30)46-20-25-9-3-2-8-24(25)19-38)17-31-35(42)40-33(23-10-6-11-26(18-23)41(43)44)28-14-13-22-7-4-5-12-27(22)32(28)39-36(40)47-31/h2-12,15-18,33H,13-14,20H2,1H3/b31-17+. The van der Waals surface area contributed by atoms with Crippen molar-refractivity contribution in [2.45, 2.75) is 25.5 Å². The highest BCUT2D eigenvalue weighted by molar-refractivity contribution is 14.1. The average molecular weight is 753 g/mol. The number of nitro benzene ring substituents is 1. The van der Waals surface area contributed by atoms with Crippen molar-refractivity contribution in [2.24, 2.45) is 4.99 Å². The number of fused-ring (bicyclic) bond motifs is 3. The third-order valence-electron chi connectivity index (χ3n) is 8.33. The van der Waals surface area contributed by atoms with Crippen molar-refractivity contribution in [2.75, 3.05) is 7.11 Å². The fraction of sp³-hybridized carbons (Fsp3) is 0.139. The number of ether oxygens (including phenoxy) is 2. The van der Waals surface area contributed by atoms with Crippen LogP contribution in [0, 0.1) is 25.0 Å². The van der Waals surface area contributed by atoms with E-state index in [0.29, 0.717) is 38.4 Å². The van der Waals surface area contributed by atoms with E-state index in [1.165, 1.54) is 23.0 Å². The molecule has 0 spiro atoms. The highest BCUT2D eigenvalue weighted by Gasteiger charge is 2.33. The number of nitrogens with zero attached hydrogens (tertiary/aromatic N) is 4. The van der Waals surface area contributed by atoms with E-state index >= 15 is 0 Å². The molecule has 47 heavy (non-hydrogen) atoms. The fourth-order valence-electron chi connectivity index (χ4n) is 6.15. The van der Waals surface area contributed by atoms with Crippen LogP contribution < -0.4 is 24.4 Å². The summed E-state index contributed by atoms with van der Waals surface area (Å²) in [4.78, 5) is 31.1. The van der Waals surface area contributed by atoms with Crippen molar-refractivity contribution in [1.29, 1.82) is 5.26 Å². The SMILES string of the molecule is COc1cc(/C=c2/sc3n(c2=O)C(c2cccc([N+](=O)[O-])c2)C2=C(N=3)c3ccccc3CC2)cc(I)c1OCc1ccccc1C#N. The van der Waals surface area contributed by atoms with Gasteiger partial charge < -0.3 is 9.47 Å². The number of rotatable bonds is 7. The molecule has 7 rings (SSSR count). The number of aryl methyl sites for hydroxylation is 1. The summed E-state index contributed by atoms with van der Waals surface area (Å²) in [5, 5.41) is 21.2. The molecule has 1 aliphatic heterocycles. The van der Waals surface area contributed by atoms with Gasteiger partial charge in [-0.05, 0) is 82.0 Å². The topological polar surface area (TPSA) is 120 Å². The number of nitro groups is 1. The largest absolute Gasteiger partial charge is 0.493 e. The molecule has 2 aliphatic rings. The maximum atomic E-state index is 14.2. The van der Waals surface area contributed by atoms with Gasteiger partial charge in [-0.1, -0.05) is 65.9 Å². The third kappa shape index (κ3) is 5.64. The van der Waals surface area contributed by atoms with Gasteiger partial charge in [0.25, 0.3) is 11.2 Å². The van der Waals surface area contributed by atoms with E-state index in [1.54, 1.807) is 29.9 Å². The van der Waals surface area contributed by atoms with Crippen LogP contribution >= 0.6 is 33.9 Å². The first-order valence-electron chi connectivity index (χ1n) is 14.7. The van der Waals surface area contributed by atoms with Gasteiger partial charge in [-0.2, -0.15) is 5.26 Å². The predicted octanol–water partition coefficient (Wildman–Crippen LogP) is 6.29. The molecule has 232 valence electrons. The first-order chi connectivity index (χ1) is 22.9. The molecule has 0 N–H and O–H groups in total. The van der Waals surface area contributed by atoms with E-state index in [0.717, 1.165) is 38.0 Å². The number of aromatic nitrogens is 1. The van der Waals surface area contributed by atoms with Gasteiger partial charge in [0.2, 0.25) is 0 Å². The van der Waals surface area contributed by atoms with Gasteiger partial charge in [0, 0.05) is 23.3 Å². The van der Waals surface area contributed by atoms with Crippen LogP contribution in [-0.2, 0) is 13.0 Å². The number of hydrogen-bond acceptors (Lipinski definition) is 8. The molecule has 1 unspecified atom stereocenters. The van der Waals surface area contributed by atoms with Gasteiger partial charge in [0.05, 0.1) is 43.5 Å². The Balaban J connectivity index is 1.34. The summed E-state index contributed by atoms with van der Waals surface area (Å²) >= 11 is 3.46. The Kier molecular flexibility index (Phi) is 8.21. The molecule has 1 aromatic heterocycles. The number of benzene rings is 4. The Hall–Kier alpha value is -5.06. The van der Waals surface area contributed by atoms with Crippen LogP contribution in [-0.4, -0.2) is 16.6 Å². The molecule has 5 aromatic rings. The minimum atomic E-state index is -0.529. The molecule has 4 aromatic carbocycles. The van der Waals surface area contributed by atoms with E-state index in [1.807, 2.05) is 60.7 Å². The molecule has 0 saturated carbocycles. The molecule has 0 amide bonds. The van der Waals surface area contributed by atoms with E-state index in [-0.39, 0.29) is 17.9 Å². The highest BCUT2D eigenvalue weighted by Crippen LogP contribution is 2.42. The Morgan fingerprint density at radius 1 is 1.11 bits per heavy atom. The summed E-state index contributed by atoms with van der Waals surface area (Å²) in [5.74, 6) is 1.03. The van der Waals surface area contributed by atoms with Gasteiger partial charge in [-0.15, -0.1) is 0 Å². The van der Waals surface area contributed by atoms with Crippen molar-refractivity contribution in [3.05, 3.63) is 157 Å². The molecule has 1 aliphatic carbocycles. The summed E-state index contributed by atoms with van der Waals surface area (Å²) in [7, 11) is 1.56. The molecule has 0 saturated heterocycles. The van der Waals surface area contributed by atoms with E-state index in [9.17, 15) is 20.2 Å². The normalized spacial score (nSPS) is 15.2. The maximum Gasteiger partial charge on any atom is 0.271 e. The molecule has 11 heteroatoms. The zero-order valence-electron chi connectivity index (χ0n) is 25.0. The van der Waals surface area contributed by atoms with Crippen molar-refractivity contribution in [3.63, 3.8) is 0 Å². The summed E-state index contributed by atoms with van der Waals surface area (Å²) in [6, 6.07) is 27.3. The van der Waals surface area contributed by atoms with E-state index in [2.05, 4.69) is 34.7 Å². The summed E-state index contributed by atoms with van der Waals surface area (Å²) in [6.07, 6.45) is 3.28.